The molecule has 6 heteroatoms. The lowest BCUT2D eigenvalue weighted by molar-refractivity contribution is -0.100. The van der Waals surface area contributed by atoms with Gasteiger partial charge >= 0.3 is 0 Å². The number of hydrogen-bond acceptors (Lipinski definition) is 5. The zero-order chi connectivity index (χ0) is 23.0. The number of hydrogen-bond donors (Lipinski definition) is 3. The molecule has 5 nitrogen and oxygen atoms in total. The van der Waals surface area contributed by atoms with Gasteiger partial charge in [0.15, 0.2) is 0 Å². The van der Waals surface area contributed by atoms with E-state index >= 15 is 0 Å². The Labute approximate surface area is 189 Å². The van der Waals surface area contributed by atoms with Crippen molar-refractivity contribution >= 4 is 27.1 Å². The highest BCUT2D eigenvalue weighted by molar-refractivity contribution is 8.03. The normalized spacial score (nSPS) is 24.1. The van der Waals surface area contributed by atoms with Crippen molar-refractivity contribution in [2.24, 2.45) is 17.3 Å². The standard InChI is InChI=1S/C25H40N2O3S/c1-24(2,15-31(5)6)17-8-10-18(11-9-17)25(3,4)29-14-19-12-7-16-13-20(28)21(26)22(27)23(16)30-19/h13,17-19,28H,5,7-12,14,26-27H2,1-4,6H3. The van der Waals surface area contributed by atoms with E-state index < -0.39 is 0 Å². The van der Waals surface area contributed by atoms with E-state index in [1.54, 1.807) is 6.07 Å². The van der Waals surface area contributed by atoms with Crippen LogP contribution in [-0.2, 0) is 11.2 Å². The summed E-state index contributed by atoms with van der Waals surface area (Å²) in [5, 5.41) is 13.6. The molecule has 3 rings (SSSR count). The summed E-state index contributed by atoms with van der Waals surface area (Å²) in [6.45, 7) is 9.57. The van der Waals surface area contributed by atoms with Gasteiger partial charge in [0.05, 0.1) is 12.2 Å². The molecule has 1 fully saturated rings. The van der Waals surface area contributed by atoms with Crippen molar-refractivity contribution in [3.05, 3.63) is 11.6 Å². The predicted octanol–water partition coefficient (Wildman–Crippen LogP) is 5.17. The fourth-order valence-electron chi connectivity index (χ4n) is 5.19. The van der Waals surface area contributed by atoms with Gasteiger partial charge in [-0.05, 0) is 90.4 Å². The van der Waals surface area contributed by atoms with Crippen LogP contribution in [0.5, 0.6) is 11.5 Å². The van der Waals surface area contributed by atoms with Gasteiger partial charge in [0, 0.05) is 11.0 Å². The molecule has 0 aromatic heterocycles. The minimum absolute atomic E-state index is 0.00819. The van der Waals surface area contributed by atoms with E-state index in [2.05, 4.69) is 45.0 Å². The molecule has 31 heavy (non-hydrogen) atoms. The lowest BCUT2D eigenvalue weighted by Gasteiger charge is -2.43. The van der Waals surface area contributed by atoms with Gasteiger partial charge in [-0.25, -0.2) is 0 Å². The van der Waals surface area contributed by atoms with E-state index in [1.807, 2.05) is 0 Å². The molecule has 0 saturated heterocycles. The van der Waals surface area contributed by atoms with Crippen LogP contribution in [0, 0.1) is 22.4 Å². The Morgan fingerprint density at radius 3 is 2.35 bits per heavy atom. The third-order valence-electron chi connectivity index (χ3n) is 7.24. The topological polar surface area (TPSA) is 90.7 Å². The quantitative estimate of drug-likeness (QED) is 0.328. The highest BCUT2D eigenvalue weighted by atomic mass is 32.2. The van der Waals surface area contributed by atoms with Gasteiger partial charge in [-0.15, -0.1) is 0 Å². The molecule has 0 amide bonds. The number of rotatable bonds is 5. The monoisotopic (exact) mass is 448 g/mol. The molecule has 1 aromatic carbocycles. The number of anilines is 2. The lowest BCUT2D eigenvalue weighted by Crippen LogP contribution is -2.41. The number of nitrogen functional groups attached to an aromatic ring is 2. The molecule has 1 atom stereocenters. The molecule has 0 bridgehead atoms. The Morgan fingerprint density at radius 1 is 1.13 bits per heavy atom. The number of phenolic OH excluding ortho intramolecular Hbond substituents is 1. The second-order valence-electron chi connectivity index (χ2n) is 10.4. The summed E-state index contributed by atoms with van der Waals surface area (Å²) in [7, 11) is -0.00819. The summed E-state index contributed by atoms with van der Waals surface area (Å²) in [5.41, 5.74) is 13.3. The van der Waals surface area contributed by atoms with Gasteiger partial charge in [0.25, 0.3) is 0 Å². The third kappa shape index (κ3) is 5.36. The summed E-state index contributed by atoms with van der Waals surface area (Å²) in [4.78, 5) is 0. The maximum Gasteiger partial charge on any atom is 0.148 e. The van der Waals surface area contributed by atoms with E-state index in [1.165, 1.54) is 25.7 Å². The van der Waals surface area contributed by atoms with Crippen molar-refractivity contribution in [3.8, 4) is 16.7 Å². The van der Waals surface area contributed by atoms with Crippen molar-refractivity contribution in [2.75, 3.05) is 24.3 Å². The van der Waals surface area contributed by atoms with Crippen molar-refractivity contribution in [2.45, 2.75) is 77.9 Å². The summed E-state index contributed by atoms with van der Waals surface area (Å²) >= 11 is 0. The summed E-state index contributed by atoms with van der Waals surface area (Å²) in [6.07, 6.45) is 8.48. The molecular formula is C25H40N2O3S. The van der Waals surface area contributed by atoms with Crippen LogP contribution in [0.1, 0.15) is 65.4 Å². The van der Waals surface area contributed by atoms with Crippen LogP contribution in [0.15, 0.2) is 6.07 Å². The molecule has 1 aliphatic heterocycles. The summed E-state index contributed by atoms with van der Waals surface area (Å²) < 4.78 is 12.6. The molecule has 1 unspecified atom stereocenters. The van der Waals surface area contributed by atoms with E-state index in [0.717, 1.165) is 18.4 Å². The second-order valence-corrected chi connectivity index (χ2v) is 11.9. The molecule has 0 spiro atoms. The number of aromatic hydroxyl groups is 1. The van der Waals surface area contributed by atoms with E-state index in [0.29, 0.717) is 29.9 Å². The molecule has 5 N–H and O–H groups in total. The first-order valence-electron chi connectivity index (χ1n) is 11.3. The molecular weight excluding hydrogens is 408 g/mol. The number of ether oxygens (including phenoxy) is 2. The Morgan fingerprint density at radius 2 is 1.74 bits per heavy atom. The fourth-order valence-corrected chi connectivity index (χ4v) is 6.26. The van der Waals surface area contributed by atoms with Crippen LogP contribution in [0.3, 0.4) is 0 Å². The fraction of sp³-hybridized carbons (Fsp3) is 0.680. The lowest BCUT2D eigenvalue weighted by atomic mass is 9.67. The minimum Gasteiger partial charge on any atom is -0.506 e. The summed E-state index contributed by atoms with van der Waals surface area (Å²) in [5.74, 6) is 5.95. The maximum atomic E-state index is 9.90. The van der Waals surface area contributed by atoms with E-state index in [-0.39, 0.29) is 38.4 Å². The van der Waals surface area contributed by atoms with Crippen LogP contribution in [0.25, 0.3) is 0 Å². The van der Waals surface area contributed by atoms with Crippen LogP contribution in [0.2, 0.25) is 0 Å². The smallest absolute Gasteiger partial charge is 0.148 e. The first kappa shape index (κ1) is 23.9. The van der Waals surface area contributed by atoms with Gasteiger partial charge in [-0.1, -0.05) is 11.1 Å². The number of phenols is 1. The molecule has 1 aromatic rings. The van der Waals surface area contributed by atoms with Gasteiger partial charge < -0.3 is 26.0 Å². The molecule has 2 aliphatic rings. The number of nitrogens with two attached hydrogens (primary N) is 2. The van der Waals surface area contributed by atoms with Crippen molar-refractivity contribution < 1.29 is 14.6 Å². The Kier molecular flexibility index (Phi) is 6.95. The highest BCUT2D eigenvalue weighted by Gasteiger charge is 2.39. The van der Waals surface area contributed by atoms with Crippen LogP contribution in [-0.4, -0.2) is 35.5 Å². The first-order valence-corrected chi connectivity index (χ1v) is 13.1. The Bertz CT molecular complexity index is 954. The van der Waals surface area contributed by atoms with Crippen molar-refractivity contribution in [3.63, 3.8) is 0 Å². The van der Waals surface area contributed by atoms with Gasteiger partial charge in [-0.2, -0.15) is 9.89 Å². The third-order valence-corrected chi connectivity index (χ3v) is 8.12. The second kappa shape index (κ2) is 9.01. The van der Waals surface area contributed by atoms with Crippen LogP contribution < -0.4 is 16.2 Å². The molecule has 1 saturated carbocycles. The van der Waals surface area contributed by atoms with Gasteiger partial charge in [-0.3, -0.25) is 0 Å². The van der Waals surface area contributed by atoms with E-state index in [4.69, 9.17) is 20.9 Å². The SMILES string of the molecule is C=S(C)#CC(C)(C)C1CCC(C(C)(C)OCC2CCc3cc(O)c(N)c(N)c3O2)CC1. The Balaban J connectivity index is 1.57. The van der Waals surface area contributed by atoms with Crippen LogP contribution >= 0.6 is 9.89 Å². The van der Waals surface area contributed by atoms with Crippen LogP contribution in [0.4, 0.5) is 11.4 Å². The molecule has 1 heterocycles. The summed E-state index contributed by atoms with van der Waals surface area (Å²) in [6, 6.07) is 1.66. The number of aryl methyl sites for hydroxylation is 1. The molecule has 0 radical (unpaired) electrons. The number of fused-ring (bicyclic) bond motifs is 1. The molecule has 174 valence electrons. The Hall–Kier alpha value is -1.75. The average molecular weight is 449 g/mol. The zero-order valence-electron chi connectivity index (χ0n) is 19.8. The van der Waals surface area contributed by atoms with Gasteiger partial charge in [0.2, 0.25) is 0 Å². The zero-order valence-corrected chi connectivity index (χ0v) is 20.6. The van der Waals surface area contributed by atoms with Crippen molar-refractivity contribution in [1.29, 1.82) is 0 Å². The largest absolute Gasteiger partial charge is 0.506 e. The number of benzene rings is 1. The molecule has 1 aliphatic carbocycles. The van der Waals surface area contributed by atoms with Crippen molar-refractivity contribution in [1.82, 2.24) is 0 Å². The first-order chi connectivity index (χ1) is 14.4. The maximum absolute atomic E-state index is 9.90. The minimum atomic E-state index is -0.201. The average Bonchev–Trinajstić information content (AvgIpc) is 2.70. The van der Waals surface area contributed by atoms with E-state index in [9.17, 15) is 5.11 Å². The predicted molar refractivity (Wildman–Crippen MR) is 133 cm³/mol. The highest BCUT2D eigenvalue weighted by Crippen LogP contribution is 2.45. The van der Waals surface area contributed by atoms with Gasteiger partial charge in [0.1, 0.15) is 29.0 Å².